The van der Waals surface area contributed by atoms with Gasteiger partial charge >= 0.3 is 0 Å². The second kappa shape index (κ2) is 7.18. The number of nitrogens with zero attached hydrogens (tertiary/aromatic N) is 1. The number of amides is 1. The van der Waals surface area contributed by atoms with Crippen LogP contribution in [0, 0.1) is 11.7 Å². The largest absolute Gasteiger partial charge is 0.309 e. The summed E-state index contributed by atoms with van der Waals surface area (Å²) in [5.74, 6) is -1.03. The Hall–Kier alpha value is -1.14. The molecule has 0 saturated heterocycles. The number of carbonyl (C=O) groups is 1. The molecule has 0 atom stereocenters. The van der Waals surface area contributed by atoms with Crippen molar-refractivity contribution in [2.75, 3.05) is 23.0 Å². The summed E-state index contributed by atoms with van der Waals surface area (Å²) in [5, 5.41) is 0.301. The lowest BCUT2D eigenvalue weighted by Gasteiger charge is -2.30. The first-order valence-electron chi connectivity index (χ1n) is 7.68. The molecule has 0 N–H and O–H groups in total. The van der Waals surface area contributed by atoms with Crippen LogP contribution in [0.1, 0.15) is 32.3 Å². The summed E-state index contributed by atoms with van der Waals surface area (Å²) in [7, 11) is -3.27. The average Bonchev–Trinajstić information content (AvgIpc) is 2.42. The van der Waals surface area contributed by atoms with Gasteiger partial charge in [0.1, 0.15) is 5.82 Å². The molecule has 0 bridgehead atoms. The van der Waals surface area contributed by atoms with Crippen LogP contribution >= 0.6 is 11.6 Å². The summed E-state index contributed by atoms with van der Waals surface area (Å²) in [6.07, 6.45) is 1.23. The Balaban J connectivity index is 2.14. The van der Waals surface area contributed by atoms with Gasteiger partial charge in [-0.25, -0.2) is 12.8 Å². The molecule has 2 rings (SSSR count). The number of sulfone groups is 1. The number of rotatable bonds is 5. The topological polar surface area (TPSA) is 54.5 Å². The van der Waals surface area contributed by atoms with Crippen LogP contribution in [-0.2, 0) is 21.1 Å². The number of benzene rings is 1. The molecular weight excluding hydrogens is 341 g/mol. The van der Waals surface area contributed by atoms with Crippen molar-refractivity contribution in [3.8, 4) is 0 Å². The molecule has 1 aromatic rings. The molecule has 0 aliphatic carbocycles. The lowest BCUT2D eigenvalue weighted by Crippen LogP contribution is -2.37. The summed E-state index contributed by atoms with van der Waals surface area (Å²) >= 11 is 5.86. The highest BCUT2D eigenvalue weighted by molar-refractivity contribution is 7.91. The fourth-order valence-corrected chi connectivity index (χ4v) is 4.77. The van der Waals surface area contributed by atoms with Crippen molar-refractivity contribution in [1.29, 1.82) is 0 Å². The van der Waals surface area contributed by atoms with Crippen LogP contribution in [0.15, 0.2) is 12.1 Å². The molecule has 0 spiro atoms. The molecule has 128 valence electrons. The van der Waals surface area contributed by atoms with Gasteiger partial charge in [0.25, 0.3) is 0 Å². The fourth-order valence-electron chi connectivity index (χ4n) is 2.87. The van der Waals surface area contributed by atoms with Crippen LogP contribution in [0.5, 0.6) is 0 Å². The van der Waals surface area contributed by atoms with Gasteiger partial charge in [-0.3, -0.25) is 4.79 Å². The normalized spacial score (nSPS) is 14.9. The average molecular weight is 362 g/mol. The van der Waals surface area contributed by atoms with Crippen LogP contribution in [-0.4, -0.2) is 32.4 Å². The number of anilines is 1. The standard InChI is InChI=1S/C16H21ClFNO3S/c1-11(2)10-23(21,22)7-5-15(20)19-6-3-4-12-8-13(17)9-14(18)16(12)19/h8-9,11H,3-7,10H2,1-2H3. The van der Waals surface area contributed by atoms with E-state index < -0.39 is 15.7 Å². The summed E-state index contributed by atoms with van der Waals surface area (Å²) in [4.78, 5) is 13.7. The third-order valence-corrected chi connectivity index (χ3v) is 5.94. The quantitative estimate of drug-likeness (QED) is 0.809. The van der Waals surface area contributed by atoms with Gasteiger partial charge in [0.15, 0.2) is 9.84 Å². The van der Waals surface area contributed by atoms with E-state index in [2.05, 4.69) is 0 Å². The Morgan fingerprint density at radius 3 is 2.74 bits per heavy atom. The van der Waals surface area contributed by atoms with Crippen molar-refractivity contribution in [2.24, 2.45) is 5.92 Å². The van der Waals surface area contributed by atoms with E-state index in [-0.39, 0.29) is 35.4 Å². The predicted octanol–water partition coefficient (Wildman–Crippen LogP) is 3.22. The van der Waals surface area contributed by atoms with E-state index >= 15 is 0 Å². The Morgan fingerprint density at radius 1 is 1.39 bits per heavy atom. The van der Waals surface area contributed by atoms with Gasteiger partial charge in [0.2, 0.25) is 5.91 Å². The molecule has 4 nitrogen and oxygen atoms in total. The van der Waals surface area contributed by atoms with Gasteiger partial charge in [-0.2, -0.15) is 0 Å². The zero-order valence-electron chi connectivity index (χ0n) is 13.3. The number of hydrogen-bond donors (Lipinski definition) is 0. The van der Waals surface area contributed by atoms with Crippen LogP contribution in [0.2, 0.25) is 5.02 Å². The Morgan fingerprint density at radius 2 is 2.09 bits per heavy atom. The summed E-state index contributed by atoms with van der Waals surface area (Å²) in [6.45, 7) is 4.04. The maximum atomic E-state index is 14.2. The van der Waals surface area contributed by atoms with E-state index in [0.717, 1.165) is 0 Å². The molecule has 0 fully saturated rings. The maximum absolute atomic E-state index is 14.2. The van der Waals surface area contributed by atoms with Gasteiger partial charge < -0.3 is 4.90 Å². The lowest BCUT2D eigenvalue weighted by atomic mass is 10.0. The smallest absolute Gasteiger partial charge is 0.228 e. The molecule has 1 aromatic carbocycles. The van der Waals surface area contributed by atoms with E-state index in [1.807, 2.05) is 13.8 Å². The highest BCUT2D eigenvalue weighted by atomic mass is 35.5. The van der Waals surface area contributed by atoms with Crippen molar-refractivity contribution >= 4 is 33.0 Å². The minimum atomic E-state index is -3.27. The van der Waals surface area contributed by atoms with Crippen LogP contribution in [0.25, 0.3) is 0 Å². The van der Waals surface area contributed by atoms with Crippen LogP contribution < -0.4 is 4.90 Å². The highest BCUT2D eigenvalue weighted by Gasteiger charge is 2.27. The predicted molar refractivity (Wildman–Crippen MR) is 90.2 cm³/mol. The zero-order chi connectivity index (χ0) is 17.2. The maximum Gasteiger partial charge on any atom is 0.228 e. The summed E-state index contributed by atoms with van der Waals surface area (Å²) in [6, 6.07) is 2.84. The molecule has 0 unspecified atom stereocenters. The number of carbonyl (C=O) groups excluding carboxylic acids is 1. The van der Waals surface area contributed by atoms with Gasteiger partial charge in [-0.1, -0.05) is 25.4 Å². The van der Waals surface area contributed by atoms with E-state index in [1.54, 1.807) is 6.07 Å². The van der Waals surface area contributed by atoms with Crippen molar-refractivity contribution in [2.45, 2.75) is 33.1 Å². The van der Waals surface area contributed by atoms with Gasteiger partial charge in [0.05, 0.1) is 17.2 Å². The Bertz CT molecular complexity index is 704. The molecule has 23 heavy (non-hydrogen) atoms. The van der Waals surface area contributed by atoms with E-state index in [0.29, 0.717) is 30.0 Å². The number of aryl methyl sites for hydroxylation is 1. The first kappa shape index (κ1) is 18.2. The number of halogens is 2. The first-order chi connectivity index (χ1) is 10.7. The second-order valence-corrected chi connectivity index (χ2v) is 8.97. The third-order valence-electron chi connectivity index (χ3n) is 3.72. The van der Waals surface area contributed by atoms with Crippen LogP contribution in [0.3, 0.4) is 0 Å². The zero-order valence-corrected chi connectivity index (χ0v) is 14.9. The Kier molecular flexibility index (Phi) is 5.68. The molecule has 0 aromatic heterocycles. The highest BCUT2D eigenvalue weighted by Crippen LogP contribution is 2.33. The molecule has 1 aliphatic rings. The molecule has 7 heteroatoms. The van der Waals surface area contributed by atoms with Gasteiger partial charge in [0, 0.05) is 18.0 Å². The first-order valence-corrected chi connectivity index (χ1v) is 9.88. The molecule has 1 amide bonds. The van der Waals surface area contributed by atoms with Crippen molar-refractivity contribution in [3.63, 3.8) is 0 Å². The number of fused-ring (bicyclic) bond motifs is 1. The molecule has 1 heterocycles. The summed E-state index contributed by atoms with van der Waals surface area (Å²) in [5.41, 5.74) is 0.937. The van der Waals surface area contributed by atoms with E-state index in [1.165, 1.54) is 11.0 Å². The monoisotopic (exact) mass is 361 g/mol. The fraction of sp³-hybridized carbons (Fsp3) is 0.562. The van der Waals surface area contributed by atoms with Gasteiger partial charge in [-0.15, -0.1) is 0 Å². The molecule has 1 aliphatic heterocycles. The second-order valence-electron chi connectivity index (χ2n) is 6.30. The van der Waals surface area contributed by atoms with Gasteiger partial charge in [-0.05, 0) is 36.5 Å². The van der Waals surface area contributed by atoms with Crippen molar-refractivity contribution in [3.05, 3.63) is 28.5 Å². The minimum absolute atomic E-state index is 0.0189. The molecular formula is C16H21ClFNO3S. The van der Waals surface area contributed by atoms with Crippen LogP contribution in [0.4, 0.5) is 10.1 Å². The van der Waals surface area contributed by atoms with E-state index in [4.69, 9.17) is 11.6 Å². The minimum Gasteiger partial charge on any atom is -0.309 e. The SMILES string of the molecule is CC(C)CS(=O)(=O)CCC(=O)N1CCCc2cc(Cl)cc(F)c21. The molecule has 0 radical (unpaired) electrons. The van der Waals surface area contributed by atoms with Crippen molar-refractivity contribution in [1.82, 2.24) is 0 Å². The number of hydrogen-bond acceptors (Lipinski definition) is 3. The van der Waals surface area contributed by atoms with Crippen molar-refractivity contribution < 1.29 is 17.6 Å². The third kappa shape index (κ3) is 4.67. The Labute approximate surface area is 141 Å². The molecule has 0 saturated carbocycles. The lowest BCUT2D eigenvalue weighted by molar-refractivity contribution is -0.118. The summed E-state index contributed by atoms with van der Waals surface area (Å²) < 4.78 is 38.0. The van der Waals surface area contributed by atoms with E-state index in [9.17, 15) is 17.6 Å².